The third-order valence-corrected chi connectivity index (χ3v) is 4.86. The molecule has 1 aliphatic rings. The van der Waals surface area contributed by atoms with Crippen molar-refractivity contribution in [3.05, 3.63) is 17.6 Å². The summed E-state index contributed by atoms with van der Waals surface area (Å²) in [6, 6.07) is 2.18. The summed E-state index contributed by atoms with van der Waals surface area (Å²) in [7, 11) is 0. The number of hydrogen-bond acceptors (Lipinski definition) is 4. The molecule has 0 aromatic carbocycles. The largest absolute Gasteiger partial charge is 0.370 e. The van der Waals surface area contributed by atoms with Gasteiger partial charge in [-0.3, -0.25) is 0 Å². The van der Waals surface area contributed by atoms with Gasteiger partial charge in [0.1, 0.15) is 11.6 Å². The number of anilines is 1. The molecule has 1 aromatic rings. The first-order chi connectivity index (χ1) is 9.83. The van der Waals surface area contributed by atoms with Crippen LogP contribution < -0.4 is 5.32 Å². The number of thioether (sulfide) groups is 1. The molecular formula is C16H27N3S. The molecule has 1 saturated carbocycles. The molecule has 1 fully saturated rings. The summed E-state index contributed by atoms with van der Waals surface area (Å²) < 4.78 is 0. The minimum Gasteiger partial charge on any atom is -0.370 e. The second-order valence-corrected chi connectivity index (χ2v) is 6.66. The van der Waals surface area contributed by atoms with Crippen molar-refractivity contribution < 1.29 is 0 Å². The SMILES string of the molecule is CCCNc1cc(C2CCCC2)nc(CSCCC)n1. The van der Waals surface area contributed by atoms with Crippen molar-refractivity contribution in [1.29, 1.82) is 0 Å². The summed E-state index contributed by atoms with van der Waals surface area (Å²) >= 11 is 1.94. The fourth-order valence-corrected chi connectivity index (χ4v) is 3.41. The monoisotopic (exact) mass is 293 g/mol. The minimum absolute atomic E-state index is 0.662. The first kappa shape index (κ1) is 15.6. The minimum atomic E-state index is 0.662. The Kier molecular flexibility index (Phi) is 6.64. The van der Waals surface area contributed by atoms with Gasteiger partial charge in [-0.1, -0.05) is 26.7 Å². The lowest BCUT2D eigenvalue weighted by Crippen LogP contribution is -2.08. The Hall–Kier alpha value is -0.770. The van der Waals surface area contributed by atoms with E-state index in [1.54, 1.807) is 0 Å². The van der Waals surface area contributed by atoms with Gasteiger partial charge in [0.2, 0.25) is 0 Å². The summed E-state index contributed by atoms with van der Waals surface area (Å²) in [6.07, 6.45) is 7.65. The van der Waals surface area contributed by atoms with Gasteiger partial charge in [0.05, 0.1) is 5.75 Å². The van der Waals surface area contributed by atoms with Crippen molar-refractivity contribution in [2.45, 2.75) is 64.0 Å². The molecule has 0 bridgehead atoms. The van der Waals surface area contributed by atoms with Crippen molar-refractivity contribution in [2.75, 3.05) is 17.6 Å². The van der Waals surface area contributed by atoms with Gasteiger partial charge in [0.25, 0.3) is 0 Å². The highest BCUT2D eigenvalue weighted by Gasteiger charge is 2.19. The van der Waals surface area contributed by atoms with Crippen molar-refractivity contribution in [3.8, 4) is 0 Å². The standard InChI is InChI=1S/C16H27N3S/c1-3-9-17-15-11-14(13-7-5-6-8-13)18-16(19-15)12-20-10-4-2/h11,13H,3-10,12H2,1-2H3,(H,17,18,19). The zero-order chi connectivity index (χ0) is 14.2. The van der Waals surface area contributed by atoms with Crippen LogP contribution in [0, 0.1) is 0 Å². The van der Waals surface area contributed by atoms with Crippen LogP contribution in [0.5, 0.6) is 0 Å². The predicted molar refractivity (Wildman–Crippen MR) is 88.5 cm³/mol. The first-order valence-electron chi connectivity index (χ1n) is 8.03. The van der Waals surface area contributed by atoms with Crippen LogP contribution in [0.25, 0.3) is 0 Å². The van der Waals surface area contributed by atoms with Crippen molar-refractivity contribution >= 4 is 17.6 Å². The van der Waals surface area contributed by atoms with E-state index in [0.29, 0.717) is 5.92 Å². The molecule has 1 heterocycles. The van der Waals surface area contributed by atoms with Crippen molar-refractivity contribution in [1.82, 2.24) is 9.97 Å². The van der Waals surface area contributed by atoms with Gasteiger partial charge in [-0.15, -0.1) is 0 Å². The van der Waals surface area contributed by atoms with Crippen LogP contribution >= 0.6 is 11.8 Å². The molecule has 112 valence electrons. The number of hydrogen-bond donors (Lipinski definition) is 1. The molecule has 1 aromatic heterocycles. The molecule has 0 unspecified atom stereocenters. The summed E-state index contributed by atoms with van der Waals surface area (Å²) in [6.45, 7) is 5.39. The normalized spacial score (nSPS) is 15.7. The Morgan fingerprint density at radius 1 is 1.20 bits per heavy atom. The summed E-state index contributed by atoms with van der Waals surface area (Å²) in [5.74, 6) is 4.82. The molecule has 0 amide bonds. The molecule has 1 aliphatic carbocycles. The van der Waals surface area contributed by atoms with Gasteiger partial charge in [0.15, 0.2) is 0 Å². The molecule has 0 saturated heterocycles. The third-order valence-electron chi connectivity index (χ3n) is 3.70. The van der Waals surface area contributed by atoms with Crippen molar-refractivity contribution in [2.24, 2.45) is 0 Å². The smallest absolute Gasteiger partial charge is 0.140 e. The number of nitrogens with one attached hydrogen (secondary N) is 1. The molecule has 0 aliphatic heterocycles. The van der Waals surface area contributed by atoms with Crippen LogP contribution in [0.3, 0.4) is 0 Å². The van der Waals surface area contributed by atoms with Crippen LogP contribution in [-0.2, 0) is 5.75 Å². The number of nitrogens with zero attached hydrogens (tertiary/aromatic N) is 2. The van der Waals surface area contributed by atoms with E-state index in [1.807, 2.05) is 11.8 Å². The average molecular weight is 293 g/mol. The van der Waals surface area contributed by atoms with E-state index in [1.165, 1.54) is 43.6 Å². The molecule has 3 nitrogen and oxygen atoms in total. The van der Waals surface area contributed by atoms with Gasteiger partial charge in [-0.25, -0.2) is 9.97 Å². The summed E-state index contributed by atoms with van der Waals surface area (Å²) in [5.41, 5.74) is 1.27. The lowest BCUT2D eigenvalue weighted by molar-refractivity contribution is 0.688. The molecule has 2 rings (SSSR count). The molecular weight excluding hydrogens is 266 g/mol. The Morgan fingerprint density at radius 3 is 2.70 bits per heavy atom. The highest BCUT2D eigenvalue weighted by molar-refractivity contribution is 7.98. The molecule has 4 heteroatoms. The Balaban J connectivity index is 2.09. The highest BCUT2D eigenvalue weighted by Crippen LogP contribution is 2.34. The Bertz CT molecular complexity index is 403. The Morgan fingerprint density at radius 2 is 2.00 bits per heavy atom. The zero-order valence-electron chi connectivity index (χ0n) is 12.8. The maximum atomic E-state index is 4.82. The third kappa shape index (κ3) is 4.65. The van der Waals surface area contributed by atoms with Gasteiger partial charge in [-0.05, 0) is 31.4 Å². The molecule has 0 atom stereocenters. The van der Waals surface area contributed by atoms with Crippen LogP contribution in [0.4, 0.5) is 5.82 Å². The second kappa shape index (κ2) is 8.50. The fourth-order valence-electron chi connectivity index (χ4n) is 2.66. The van der Waals surface area contributed by atoms with E-state index < -0.39 is 0 Å². The second-order valence-electron chi connectivity index (χ2n) is 5.56. The van der Waals surface area contributed by atoms with Gasteiger partial charge < -0.3 is 5.32 Å². The van der Waals surface area contributed by atoms with Gasteiger partial charge in [0, 0.05) is 24.2 Å². The predicted octanol–water partition coefficient (Wildman–Crippen LogP) is 4.60. The van der Waals surface area contributed by atoms with E-state index in [-0.39, 0.29) is 0 Å². The number of rotatable bonds is 8. The van der Waals surface area contributed by atoms with E-state index >= 15 is 0 Å². The summed E-state index contributed by atoms with van der Waals surface area (Å²) in [5, 5.41) is 3.43. The van der Waals surface area contributed by atoms with Crippen LogP contribution in [-0.4, -0.2) is 22.3 Å². The lowest BCUT2D eigenvalue weighted by Gasteiger charge is -2.13. The molecule has 0 spiro atoms. The Labute approximate surface area is 127 Å². The first-order valence-corrected chi connectivity index (χ1v) is 9.18. The van der Waals surface area contributed by atoms with Gasteiger partial charge >= 0.3 is 0 Å². The lowest BCUT2D eigenvalue weighted by atomic mass is 10.0. The zero-order valence-corrected chi connectivity index (χ0v) is 13.6. The number of aromatic nitrogens is 2. The highest BCUT2D eigenvalue weighted by atomic mass is 32.2. The molecule has 0 radical (unpaired) electrons. The van der Waals surface area contributed by atoms with E-state index in [4.69, 9.17) is 4.98 Å². The fraction of sp³-hybridized carbons (Fsp3) is 0.750. The van der Waals surface area contributed by atoms with E-state index in [2.05, 4.69) is 30.2 Å². The van der Waals surface area contributed by atoms with Crippen LogP contribution in [0.15, 0.2) is 6.07 Å². The topological polar surface area (TPSA) is 37.8 Å². The van der Waals surface area contributed by atoms with Crippen LogP contribution in [0.2, 0.25) is 0 Å². The molecule has 1 N–H and O–H groups in total. The average Bonchev–Trinajstić information content (AvgIpc) is 2.99. The van der Waals surface area contributed by atoms with E-state index in [9.17, 15) is 0 Å². The maximum Gasteiger partial charge on any atom is 0.140 e. The summed E-state index contributed by atoms with van der Waals surface area (Å²) in [4.78, 5) is 9.49. The molecule has 20 heavy (non-hydrogen) atoms. The van der Waals surface area contributed by atoms with Crippen LogP contribution in [0.1, 0.15) is 69.8 Å². The van der Waals surface area contributed by atoms with Gasteiger partial charge in [-0.2, -0.15) is 11.8 Å². The van der Waals surface area contributed by atoms with E-state index in [0.717, 1.165) is 30.4 Å². The quantitative estimate of drug-likeness (QED) is 0.711. The van der Waals surface area contributed by atoms with Crippen molar-refractivity contribution in [3.63, 3.8) is 0 Å². The maximum absolute atomic E-state index is 4.82.